The van der Waals surface area contributed by atoms with Crippen LogP contribution in [-0.2, 0) is 26.7 Å². The van der Waals surface area contributed by atoms with E-state index in [0.29, 0.717) is 0 Å². The fourth-order valence-corrected chi connectivity index (χ4v) is 3.82. The van der Waals surface area contributed by atoms with Crippen molar-refractivity contribution in [3.05, 3.63) is 48.5 Å². The van der Waals surface area contributed by atoms with Gasteiger partial charge in [-0.25, -0.2) is 4.57 Å². The van der Waals surface area contributed by atoms with Gasteiger partial charge in [0.2, 0.25) is 0 Å². The zero-order valence-corrected chi connectivity index (χ0v) is 14.3. The maximum absolute atomic E-state index is 12.5. The minimum absolute atomic E-state index is 0.146. The molecule has 2 unspecified atom stereocenters. The third-order valence-electron chi connectivity index (χ3n) is 2.59. The standard InChI is InChI=1S/C13H13O7PS2/c1-21(14,19-10-6-2-4-8-12(10)22(15)16)20-11-7-3-5-9-13(11)23(17)18/h2-9H,1H3,(H,15,16)(H,17,18)/p-2. The molecule has 0 radical (unpaired) electrons. The Labute approximate surface area is 137 Å². The molecular formula is C13H11O7PS2-2. The Morgan fingerprint density at radius 2 is 1.17 bits per heavy atom. The molecule has 0 bridgehead atoms. The van der Waals surface area contributed by atoms with E-state index in [-0.39, 0.29) is 21.3 Å². The van der Waals surface area contributed by atoms with E-state index < -0.39 is 29.8 Å². The van der Waals surface area contributed by atoms with E-state index in [1.54, 1.807) is 0 Å². The van der Waals surface area contributed by atoms with Gasteiger partial charge in [0, 0.05) is 0 Å². The Morgan fingerprint density at radius 1 is 0.826 bits per heavy atom. The van der Waals surface area contributed by atoms with Gasteiger partial charge in [0.15, 0.2) is 0 Å². The number of benzene rings is 2. The van der Waals surface area contributed by atoms with Crippen LogP contribution in [0.5, 0.6) is 11.5 Å². The molecule has 23 heavy (non-hydrogen) atoms. The summed E-state index contributed by atoms with van der Waals surface area (Å²) in [4.78, 5) is -0.363. The van der Waals surface area contributed by atoms with Crippen molar-refractivity contribution in [2.75, 3.05) is 6.66 Å². The van der Waals surface area contributed by atoms with Crippen LogP contribution in [0.25, 0.3) is 0 Å². The molecule has 0 aliphatic heterocycles. The van der Waals surface area contributed by atoms with Crippen LogP contribution in [0.3, 0.4) is 0 Å². The zero-order chi connectivity index (χ0) is 17.0. The van der Waals surface area contributed by atoms with Gasteiger partial charge in [-0.1, -0.05) is 24.3 Å². The van der Waals surface area contributed by atoms with Crippen LogP contribution in [0.15, 0.2) is 58.3 Å². The minimum Gasteiger partial charge on any atom is -0.768 e. The van der Waals surface area contributed by atoms with Gasteiger partial charge in [0.05, 0.1) is 16.5 Å². The van der Waals surface area contributed by atoms with Crippen LogP contribution in [0.1, 0.15) is 0 Å². The van der Waals surface area contributed by atoms with E-state index in [2.05, 4.69) is 0 Å². The van der Waals surface area contributed by atoms with Gasteiger partial charge in [-0.15, -0.1) is 0 Å². The van der Waals surface area contributed by atoms with Crippen LogP contribution in [0.4, 0.5) is 0 Å². The van der Waals surface area contributed by atoms with Crippen LogP contribution in [-0.4, -0.2) is 24.2 Å². The molecule has 124 valence electrons. The smallest absolute Gasteiger partial charge is 0.427 e. The molecule has 2 aromatic rings. The topological polar surface area (TPSA) is 116 Å². The summed E-state index contributed by atoms with van der Waals surface area (Å²) in [6.45, 7) is 1.11. The molecule has 0 fully saturated rings. The molecule has 2 atom stereocenters. The highest BCUT2D eigenvalue weighted by molar-refractivity contribution is 7.79. The monoisotopic (exact) mass is 374 g/mol. The second-order valence-corrected chi connectivity index (χ2v) is 8.04. The molecule has 2 rings (SSSR count). The van der Waals surface area contributed by atoms with Crippen molar-refractivity contribution in [3.8, 4) is 11.5 Å². The molecule has 0 aromatic heterocycles. The second-order valence-electron chi connectivity index (χ2n) is 4.32. The van der Waals surface area contributed by atoms with Gasteiger partial charge in [-0.05, 0) is 46.4 Å². The molecular weight excluding hydrogens is 363 g/mol. The molecule has 0 spiro atoms. The lowest BCUT2D eigenvalue weighted by Gasteiger charge is -2.20. The maximum Gasteiger partial charge on any atom is 0.427 e. The molecule has 0 amide bonds. The Morgan fingerprint density at radius 3 is 1.52 bits per heavy atom. The van der Waals surface area contributed by atoms with Crippen molar-refractivity contribution in [1.29, 1.82) is 0 Å². The number of hydrogen-bond acceptors (Lipinski definition) is 7. The summed E-state index contributed by atoms with van der Waals surface area (Å²) in [7, 11) is -3.82. The molecule has 0 N–H and O–H groups in total. The van der Waals surface area contributed by atoms with Gasteiger partial charge in [0.1, 0.15) is 11.5 Å². The van der Waals surface area contributed by atoms with E-state index in [1.807, 2.05) is 0 Å². The highest BCUT2D eigenvalue weighted by Gasteiger charge is 2.23. The van der Waals surface area contributed by atoms with Crippen molar-refractivity contribution < 1.29 is 31.1 Å². The van der Waals surface area contributed by atoms with Gasteiger partial charge >= 0.3 is 7.60 Å². The maximum atomic E-state index is 12.5. The molecule has 2 aromatic carbocycles. The minimum atomic E-state index is -3.82. The number of para-hydroxylation sites is 2. The molecule has 0 saturated carbocycles. The van der Waals surface area contributed by atoms with E-state index >= 15 is 0 Å². The fraction of sp³-hybridized carbons (Fsp3) is 0.0769. The average Bonchev–Trinajstić information content (AvgIpc) is 2.47. The second kappa shape index (κ2) is 7.37. The molecule has 10 heteroatoms. The summed E-state index contributed by atoms with van der Waals surface area (Å²) < 4.78 is 67.3. The highest BCUT2D eigenvalue weighted by Crippen LogP contribution is 2.47. The predicted octanol–water partition coefficient (Wildman–Crippen LogP) is 2.44. The van der Waals surface area contributed by atoms with Crippen molar-refractivity contribution in [2.24, 2.45) is 0 Å². The van der Waals surface area contributed by atoms with E-state index in [0.717, 1.165) is 6.66 Å². The van der Waals surface area contributed by atoms with Crippen molar-refractivity contribution in [2.45, 2.75) is 9.79 Å². The van der Waals surface area contributed by atoms with Crippen molar-refractivity contribution in [1.82, 2.24) is 0 Å². The van der Waals surface area contributed by atoms with Crippen LogP contribution in [0, 0.1) is 0 Å². The summed E-state index contributed by atoms with van der Waals surface area (Å²) in [5.41, 5.74) is 0. The van der Waals surface area contributed by atoms with Crippen molar-refractivity contribution in [3.63, 3.8) is 0 Å². The Balaban J connectivity index is 2.29. The largest absolute Gasteiger partial charge is 0.768 e. The number of hydrogen-bond donors (Lipinski definition) is 0. The Bertz CT molecular complexity index is 745. The van der Waals surface area contributed by atoms with Crippen LogP contribution >= 0.6 is 7.60 Å². The normalized spacial score (nSPS) is 16.1. The summed E-state index contributed by atoms with van der Waals surface area (Å²) >= 11 is -5.17. The van der Waals surface area contributed by atoms with Crippen molar-refractivity contribution >= 4 is 29.8 Å². The SMILES string of the molecule is CP(=O)(Oc1ccccc1S(=O)[O-])Oc1ccccc1S(=O)[O-]. The highest BCUT2D eigenvalue weighted by atomic mass is 32.2. The average molecular weight is 374 g/mol. The van der Waals surface area contributed by atoms with Gasteiger partial charge in [-0.3, -0.25) is 8.42 Å². The summed E-state index contributed by atoms with van der Waals surface area (Å²) in [5, 5.41) is 0. The first-order chi connectivity index (χ1) is 10.8. The van der Waals surface area contributed by atoms with Gasteiger partial charge in [-0.2, -0.15) is 0 Å². The summed E-state index contributed by atoms with van der Waals surface area (Å²) in [6, 6.07) is 11.2. The lowest BCUT2D eigenvalue weighted by atomic mass is 10.3. The first-order valence-electron chi connectivity index (χ1n) is 6.13. The van der Waals surface area contributed by atoms with E-state index in [1.165, 1.54) is 48.5 Å². The summed E-state index contributed by atoms with van der Waals surface area (Å²) in [5.74, 6) is -0.292. The zero-order valence-electron chi connectivity index (χ0n) is 11.7. The Hall–Kier alpha value is -1.51. The van der Waals surface area contributed by atoms with Gasteiger partial charge < -0.3 is 18.2 Å². The quantitative estimate of drug-likeness (QED) is 0.563. The van der Waals surface area contributed by atoms with Crippen LogP contribution in [0.2, 0.25) is 0 Å². The first-order valence-corrected chi connectivity index (χ1v) is 10.3. The molecule has 0 aliphatic rings. The lowest BCUT2D eigenvalue weighted by Crippen LogP contribution is -2.04. The van der Waals surface area contributed by atoms with E-state index in [9.17, 15) is 22.1 Å². The van der Waals surface area contributed by atoms with Gasteiger partial charge in [0.25, 0.3) is 0 Å². The molecule has 0 heterocycles. The summed E-state index contributed by atoms with van der Waals surface area (Å²) in [6.07, 6.45) is 0. The van der Waals surface area contributed by atoms with E-state index in [4.69, 9.17) is 9.05 Å². The molecule has 0 saturated heterocycles. The predicted molar refractivity (Wildman–Crippen MR) is 82.0 cm³/mol. The first kappa shape index (κ1) is 17.8. The third-order valence-corrected chi connectivity index (χ3v) is 5.04. The third kappa shape index (κ3) is 4.73. The number of rotatable bonds is 6. The molecule has 7 nitrogen and oxygen atoms in total. The fourth-order valence-electron chi connectivity index (χ4n) is 1.70. The Kier molecular flexibility index (Phi) is 5.72. The molecule has 0 aliphatic carbocycles. The van der Waals surface area contributed by atoms with Crippen LogP contribution < -0.4 is 9.05 Å². The lowest BCUT2D eigenvalue weighted by molar-refractivity contribution is 0.385.